The lowest BCUT2D eigenvalue weighted by Crippen LogP contribution is -2.32. The van der Waals surface area contributed by atoms with Gasteiger partial charge in [0.25, 0.3) is 0 Å². The average Bonchev–Trinajstić information content (AvgIpc) is 3.34. The molecule has 0 saturated heterocycles. The van der Waals surface area contributed by atoms with Gasteiger partial charge in [0.05, 0.1) is 12.5 Å². The Balaban J connectivity index is 1.94. The van der Waals surface area contributed by atoms with E-state index < -0.39 is 0 Å². The number of pyridine rings is 1. The summed E-state index contributed by atoms with van der Waals surface area (Å²) in [6, 6.07) is 6.06. The van der Waals surface area contributed by atoms with E-state index in [9.17, 15) is 5.11 Å². The van der Waals surface area contributed by atoms with Gasteiger partial charge in [0.15, 0.2) is 17.7 Å². The summed E-state index contributed by atoms with van der Waals surface area (Å²) < 4.78 is 19.2. The number of aromatic nitrogens is 1. The highest BCUT2D eigenvalue weighted by Crippen LogP contribution is 2.40. The summed E-state index contributed by atoms with van der Waals surface area (Å²) >= 11 is 0. The second-order valence-corrected chi connectivity index (χ2v) is 7.15. The predicted molar refractivity (Wildman–Crippen MR) is 102 cm³/mol. The van der Waals surface area contributed by atoms with Gasteiger partial charge < -0.3 is 19.3 Å². The van der Waals surface area contributed by atoms with E-state index in [1.54, 1.807) is 7.11 Å². The number of methoxy groups -OCH3 is 1. The fraction of sp³-hybridized carbons (Fsp3) is 0.227. The van der Waals surface area contributed by atoms with Crippen molar-refractivity contribution in [3.63, 3.8) is 0 Å². The lowest BCUT2D eigenvalue weighted by Gasteiger charge is -2.16. The smallest absolute Gasteiger partial charge is 0.231 e. The number of benzene rings is 2. The molecule has 0 radical (unpaired) electrons. The van der Waals surface area contributed by atoms with Gasteiger partial charge in [0.1, 0.15) is 16.9 Å². The standard InChI is InChI=1S/C22H17NO4/c1-25-19-9-12-8-17-18(27-11-26-17)10-14(12)22-21(19)20-13(4-2-6-16(20)24)15-5-3-7-23(15)22/h3,5,7-10H,2,4,6,11H2,1H3/p+1. The van der Waals surface area contributed by atoms with Crippen molar-refractivity contribution in [1.82, 2.24) is 0 Å². The first kappa shape index (κ1) is 14.9. The molecule has 3 heterocycles. The molecule has 0 bridgehead atoms. The lowest BCUT2D eigenvalue weighted by atomic mass is 9.92. The van der Waals surface area contributed by atoms with Crippen LogP contribution in [0, 0.1) is 6.21 Å². The number of aliphatic hydroxyl groups is 1. The molecule has 3 aromatic rings. The Hall–Kier alpha value is -3.21. The van der Waals surface area contributed by atoms with E-state index in [1.807, 2.05) is 18.2 Å². The molecule has 1 aliphatic carbocycles. The summed E-state index contributed by atoms with van der Waals surface area (Å²) in [6.45, 7) is 0.240. The maximum Gasteiger partial charge on any atom is 0.231 e. The summed E-state index contributed by atoms with van der Waals surface area (Å²) in [4.78, 5) is 0. The van der Waals surface area contributed by atoms with Gasteiger partial charge in [0, 0.05) is 29.4 Å². The molecule has 0 fully saturated rings. The Kier molecular flexibility index (Phi) is 2.85. The largest absolute Gasteiger partial charge is 0.512 e. The molecular formula is C22H18NO4+. The molecule has 0 spiro atoms. The van der Waals surface area contributed by atoms with E-state index >= 15 is 0 Å². The molecule has 2 aliphatic heterocycles. The molecule has 5 heteroatoms. The average molecular weight is 360 g/mol. The van der Waals surface area contributed by atoms with Crippen molar-refractivity contribution in [1.29, 1.82) is 0 Å². The third kappa shape index (κ3) is 1.86. The number of nitrogens with zero attached hydrogens (tertiary/aromatic N) is 1. The van der Waals surface area contributed by atoms with E-state index in [1.165, 1.54) is 5.56 Å². The first-order valence-electron chi connectivity index (χ1n) is 9.17. The van der Waals surface area contributed by atoms with Crippen molar-refractivity contribution in [3.05, 3.63) is 47.0 Å². The van der Waals surface area contributed by atoms with Crippen LogP contribution in [-0.4, -0.2) is 19.0 Å². The number of hydrogen-bond donors (Lipinski definition) is 1. The van der Waals surface area contributed by atoms with Crippen LogP contribution in [0.5, 0.6) is 17.2 Å². The molecule has 134 valence electrons. The van der Waals surface area contributed by atoms with Crippen molar-refractivity contribution in [2.75, 3.05) is 13.9 Å². The second kappa shape index (κ2) is 5.16. The van der Waals surface area contributed by atoms with Crippen LogP contribution in [0.1, 0.15) is 24.1 Å². The van der Waals surface area contributed by atoms with E-state index in [4.69, 9.17) is 14.2 Å². The van der Waals surface area contributed by atoms with Gasteiger partial charge in [-0.3, -0.25) is 0 Å². The molecule has 2 aromatic carbocycles. The topological polar surface area (TPSA) is 53.8 Å². The predicted octanol–water partition coefficient (Wildman–Crippen LogP) is 3.06. The minimum Gasteiger partial charge on any atom is -0.512 e. The summed E-state index contributed by atoms with van der Waals surface area (Å²) in [5.74, 6) is 2.71. The minimum atomic E-state index is 0.240. The Morgan fingerprint density at radius 3 is 2.81 bits per heavy atom. The quantitative estimate of drug-likeness (QED) is 0.535. The minimum absolute atomic E-state index is 0.240. The first-order chi connectivity index (χ1) is 13.3. The molecule has 0 amide bonds. The zero-order chi connectivity index (χ0) is 18.1. The van der Waals surface area contributed by atoms with E-state index in [0.29, 0.717) is 12.2 Å². The van der Waals surface area contributed by atoms with Crippen molar-refractivity contribution < 1.29 is 23.6 Å². The van der Waals surface area contributed by atoms with Crippen LogP contribution in [-0.2, 0) is 6.42 Å². The maximum absolute atomic E-state index is 10.8. The van der Waals surface area contributed by atoms with E-state index in [-0.39, 0.29) is 6.79 Å². The maximum atomic E-state index is 10.8. The van der Waals surface area contributed by atoms with Crippen molar-refractivity contribution in [3.8, 4) is 17.2 Å². The highest BCUT2D eigenvalue weighted by atomic mass is 16.7. The van der Waals surface area contributed by atoms with Crippen LogP contribution in [0.2, 0.25) is 0 Å². The van der Waals surface area contributed by atoms with Crippen LogP contribution >= 0.6 is 0 Å². The van der Waals surface area contributed by atoms with Gasteiger partial charge in [-0.2, -0.15) is 4.24 Å². The fourth-order valence-electron chi connectivity index (χ4n) is 4.63. The Morgan fingerprint density at radius 2 is 1.96 bits per heavy atom. The van der Waals surface area contributed by atoms with Crippen LogP contribution < -0.4 is 23.7 Å². The third-order valence-corrected chi connectivity index (χ3v) is 5.77. The van der Waals surface area contributed by atoms with Gasteiger partial charge in [-0.05, 0) is 36.4 Å². The molecule has 0 saturated carbocycles. The number of hydrogen-bond acceptors (Lipinski definition) is 4. The van der Waals surface area contributed by atoms with Gasteiger partial charge in [-0.25, -0.2) is 0 Å². The summed E-state index contributed by atoms with van der Waals surface area (Å²) in [7, 11) is 1.68. The van der Waals surface area contributed by atoms with E-state index in [2.05, 4.69) is 22.6 Å². The number of rotatable bonds is 1. The van der Waals surface area contributed by atoms with Gasteiger partial charge in [0.2, 0.25) is 18.0 Å². The molecule has 1 aromatic heterocycles. The number of aliphatic hydroxyl groups excluding tert-OH is 1. The second-order valence-electron chi connectivity index (χ2n) is 7.15. The normalized spacial score (nSPS) is 16.6. The molecule has 5 nitrogen and oxygen atoms in total. The van der Waals surface area contributed by atoms with Crippen LogP contribution in [0.4, 0.5) is 0 Å². The molecule has 0 atom stereocenters. The van der Waals surface area contributed by atoms with Crippen LogP contribution in [0.15, 0.2) is 24.3 Å². The molecule has 3 aliphatic rings. The Labute approximate surface area is 155 Å². The summed E-state index contributed by atoms with van der Waals surface area (Å²) in [6.07, 6.45) is 8.85. The summed E-state index contributed by atoms with van der Waals surface area (Å²) in [5.41, 5.74) is 3.35. The number of fused-ring (bicyclic) bond motifs is 9. The number of ether oxygens (including phenoxy) is 3. The monoisotopic (exact) mass is 360 g/mol. The van der Waals surface area contributed by atoms with Gasteiger partial charge in [-0.15, -0.1) is 0 Å². The van der Waals surface area contributed by atoms with Gasteiger partial charge in [-0.1, -0.05) is 0 Å². The molecule has 1 N–H and O–H groups in total. The van der Waals surface area contributed by atoms with Crippen LogP contribution in [0.3, 0.4) is 0 Å². The zero-order valence-corrected chi connectivity index (χ0v) is 14.9. The molecular weight excluding hydrogens is 342 g/mol. The molecule has 6 rings (SSSR count). The first-order valence-corrected chi connectivity index (χ1v) is 9.17. The molecule has 0 unspecified atom stereocenters. The van der Waals surface area contributed by atoms with Crippen molar-refractivity contribution in [2.45, 2.75) is 19.3 Å². The SMILES string of the molecule is COc1cc2cc3c(cc2c2c1c1c(c4[n+]2=CC=C4)CCCC=1O)OCO3. The number of allylic oxidation sites excluding steroid dienone is 1. The van der Waals surface area contributed by atoms with Crippen molar-refractivity contribution >= 4 is 33.5 Å². The van der Waals surface area contributed by atoms with E-state index in [0.717, 1.165) is 62.7 Å². The van der Waals surface area contributed by atoms with Crippen molar-refractivity contribution in [2.24, 2.45) is 0 Å². The zero-order valence-electron chi connectivity index (χ0n) is 14.9. The Morgan fingerprint density at radius 1 is 1.11 bits per heavy atom. The Bertz CT molecular complexity index is 1320. The summed E-state index contributed by atoms with van der Waals surface area (Å²) in [5, 5.41) is 14.8. The van der Waals surface area contributed by atoms with Crippen LogP contribution in [0.25, 0.3) is 33.5 Å². The molecule has 27 heavy (non-hydrogen) atoms. The highest BCUT2D eigenvalue weighted by molar-refractivity contribution is 6.08. The lowest BCUT2D eigenvalue weighted by molar-refractivity contribution is -0.475. The fourth-order valence-corrected chi connectivity index (χ4v) is 4.63. The highest BCUT2D eigenvalue weighted by Gasteiger charge is 2.29. The van der Waals surface area contributed by atoms with Gasteiger partial charge >= 0.3 is 0 Å². The third-order valence-electron chi connectivity index (χ3n) is 5.77.